The van der Waals surface area contributed by atoms with Crippen LogP contribution in [0.2, 0.25) is 0 Å². The van der Waals surface area contributed by atoms with Crippen LogP contribution < -0.4 is 4.90 Å². The Bertz CT molecular complexity index is 987. The number of ether oxygens (including phenoxy) is 1. The van der Waals surface area contributed by atoms with Crippen molar-refractivity contribution in [3.63, 3.8) is 0 Å². The van der Waals surface area contributed by atoms with Crippen LogP contribution in [-0.4, -0.2) is 35.1 Å². The molecule has 1 aromatic heterocycles. The van der Waals surface area contributed by atoms with Gasteiger partial charge >= 0.3 is 5.97 Å². The summed E-state index contributed by atoms with van der Waals surface area (Å²) in [6, 6.07) is 11.6. The Morgan fingerprint density at radius 3 is 2.33 bits per heavy atom. The van der Waals surface area contributed by atoms with Crippen molar-refractivity contribution in [3.8, 4) is 0 Å². The van der Waals surface area contributed by atoms with Crippen LogP contribution in [-0.2, 0) is 4.74 Å². The largest absolute Gasteiger partial charge is 0.464 e. The minimum Gasteiger partial charge on any atom is -0.464 e. The first kappa shape index (κ1) is 14.1. The molecule has 0 unspecified atom stereocenters. The SMILES string of the molecule is COC(=O)c1n[nH]c2cccc(N3C(=O)c4ccccc4C3=O)c12. The molecule has 0 atom stereocenters. The van der Waals surface area contributed by atoms with Gasteiger partial charge in [-0.1, -0.05) is 18.2 Å². The number of hydrogen-bond acceptors (Lipinski definition) is 5. The third-order valence-electron chi connectivity index (χ3n) is 3.98. The number of nitrogens with one attached hydrogen (secondary N) is 1. The van der Waals surface area contributed by atoms with Gasteiger partial charge in [0, 0.05) is 0 Å². The summed E-state index contributed by atoms with van der Waals surface area (Å²) < 4.78 is 4.73. The van der Waals surface area contributed by atoms with Gasteiger partial charge < -0.3 is 4.74 Å². The highest BCUT2D eigenvalue weighted by atomic mass is 16.5. The highest BCUT2D eigenvalue weighted by molar-refractivity contribution is 6.36. The van der Waals surface area contributed by atoms with Gasteiger partial charge in [-0.25, -0.2) is 9.69 Å². The van der Waals surface area contributed by atoms with E-state index in [9.17, 15) is 14.4 Å². The first-order chi connectivity index (χ1) is 11.6. The Hall–Kier alpha value is -3.48. The zero-order valence-corrected chi connectivity index (χ0v) is 12.6. The number of aromatic amines is 1. The summed E-state index contributed by atoms with van der Waals surface area (Å²) in [7, 11) is 1.24. The van der Waals surface area contributed by atoms with Gasteiger partial charge in [-0.3, -0.25) is 14.7 Å². The summed E-state index contributed by atoms with van der Waals surface area (Å²) >= 11 is 0. The molecule has 1 aliphatic rings. The average Bonchev–Trinajstić information content (AvgIpc) is 3.15. The fraction of sp³-hybridized carbons (Fsp3) is 0.0588. The van der Waals surface area contributed by atoms with E-state index in [1.807, 2.05) is 0 Å². The smallest absolute Gasteiger partial charge is 0.359 e. The number of benzene rings is 2. The average molecular weight is 321 g/mol. The maximum atomic E-state index is 12.7. The number of fused-ring (bicyclic) bond motifs is 2. The molecule has 7 heteroatoms. The molecule has 0 saturated heterocycles. The third-order valence-corrected chi connectivity index (χ3v) is 3.98. The van der Waals surface area contributed by atoms with Gasteiger partial charge in [0.2, 0.25) is 0 Å². The molecular weight excluding hydrogens is 310 g/mol. The lowest BCUT2D eigenvalue weighted by molar-refractivity contribution is 0.0595. The van der Waals surface area contributed by atoms with Gasteiger partial charge in [0.15, 0.2) is 5.69 Å². The minimum absolute atomic E-state index is 0.0275. The first-order valence-electron chi connectivity index (χ1n) is 7.16. The van der Waals surface area contributed by atoms with E-state index in [1.165, 1.54) is 7.11 Å². The summed E-state index contributed by atoms with van der Waals surface area (Å²) in [5.41, 5.74) is 1.53. The highest BCUT2D eigenvalue weighted by Gasteiger charge is 2.38. The number of anilines is 1. The summed E-state index contributed by atoms with van der Waals surface area (Å²) in [6.45, 7) is 0. The number of amides is 2. The van der Waals surface area contributed by atoms with Crippen LogP contribution in [0, 0.1) is 0 Å². The second-order valence-electron chi connectivity index (χ2n) is 5.25. The molecule has 1 N–H and O–H groups in total. The van der Waals surface area contributed by atoms with Crippen LogP contribution in [0.1, 0.15) is 31.2 Å². The van der Waals surface area contributed by atoms with Gasteiger partial charge in [0.05, 0.1) is 34.8 Å². The molecule has 118 valence electrons. The van der Waals surface area contributed by atoms with Crippen molar-refractivity contribution < 1.29 is 19.1 Å². The number of carbonyl (C=O) groups excluding carboxylic acids is 3. The molecule has 3 aromatic rings. The standard InChI is InChI=1S/C17H11N3O4/c1-24-17(23)14-13-11(18-19-14)7-4-8-12(13)20-15(21)9-5-2-3-6-10(9)16(20)22/h2-8H,1H3,(H,18,19). The molecule has 2 heterocycles. The van der Waals surface area contributed by atoms with E-state index in [4.69, 9.17) is 4.74 Å². The van der Waals surface area contributed by atoms with E-state index < -0.39 is 17.8 Å². The molecule has 0 fully saturated rings. The lowest BCUT2D eigenvalue weighted by Crippen LogP contribution is -2.29. The topological polar surface area (TPSA) is 92.4 Å². The number of esters is 1. The lowest BCUT2D eigenvalue weighted by atomic mass is 10.1. The molecule has 2 amide bonds. The van der Waals surface area contributed by atoms with Crippen molar-refractivity contribution >= 4 is 34.4 Å². The molecule has 0 bridgehead atoms. The van der Waals surface area contributed by atoms with Crippen molar-refractivity contribution in [2.24, 2.45) is 0 Å². The summed E-state index contributed by atoms with van der Waals surface area (Å²) in [6.07, 6.45) is 0. The molecule has 0 spiro atoms. The van der Waals surface area contributed by atoms with Crippen molar-refractivity contribution in [1.29, 1.82) is 0 Å². The molecule has 0 radical (unpaired) electrons. The van der Waals surface area contributed by atoms with Crippen LogP contribution in [0.15, 0.2) is 42.5 Å². The summed E-state index contributed by atoms with van der Waals surface area (Å²) in [5, 5.41) is 7.04. The zero-order valence-electron chi connectivity index (χ0n) is 12.6. The van der Waals surface area contributed by atoms with Gasteiger partial charge in [-0.15, -0.1) is 0 Å². The molecule has 0 saturated carbocycles. The summed E-state index contributed by atoms with van der Waals surface area (Å²) in [4.78, 5) is 38.4. The number of nitrogens with zero attached hydrogens (tertiary/aromatic N) is 2. The number of aromatic nitrogens is 2. The molecule has 0 aliphatic carbocycles. The monoisotopic (exact) mass is 321 g/mol. The van der Waals surface area contributed by atoms with Gasteiger partial charge in [0.1, 0.15) is 0 Å². The second kappa shape index (κ2) is 5.02. The van der Waals surface area contributed by atoms with E-state index in [-0.39, 0.29) is 5.69 Å². The molecule has 1 aliphatic heterocycles. The Labute approximate surface area is 135 Å². The van der Waals surface area contributed by atoms with Crippen molar-refractivity contribution in [3.05, 3.63) is 59.3 Å². The van der Waals surface area contributed by atoms with Gasteiger partial charge in [0.25, 0.3) is 11.8 Å². The van der Waals surface area contributed by atoms with Crippen molar-refractivity contribution in [1.82, 2.24) is 10.2 Å². The van der Waals surface area contributed by atoms with E-state index in [1.54, 1.807) is 42.5 Å². The predicted octanol–water partition coefficient (Wildman–Crippen LogP) is 2.15. The number of hydrogen-bond donors (Lipinski definition) is 1. The Balaban J connectivity index is 1.95. The van der Waals surface area contributed by atoms with Gasteiger partial charge in [-0.05, 0) is 24.3 Å². The fourth-order valence-corrected chi connectivity index (χ4v) is 2.89. The van der Waals surface area contributed by atoms with Crippen LogP contribution >= 0.6 is 0 Å². The van der Waals surface area contributed by atoms with Crippen LogP contribution in [0.5, 0.6) is 0 Å². The quantitative estimate of drug-likeness (QED) is 0.577. The number of H-pyrrole nitrogens is 1. The number of rotatable bonds is 2. The van der Waals surface area contributed by atoms with E-state index >= 15 is 0 Å². The normalized spacial score (nSPS) is 13.5. The van der Waals surface area contributed by atoms with E-state index in [0.29, 0.717) is 27.7 Å². The Kier molecular flexibility index (Phi) is 2.96. The molecular formula is C17H11N3O4. The molecule has 7 nitrogen and oxygen atoms in total. The maximum absolute atomic E-state index is 12.7. The lowest BCUT2D eigenvalue weighted by Gasteiger charge is -2.15. The van der Waals surface area contributed by atoms with E-state index in [0.717, 1.165) is 4.90 Å². The van der Waals surface area contributed by atoms with Crippen molar-refractivity contribution in [2.75, 3.05) is 12.0 Å². The Morgan fingerprint density at radius 2 is 1.71 bits per heavy atom. The maximum Gasteiger partial charge on any atom is 0.359 e. The first-order valence-corrected chi connectivity index (χ1v) is 7.16. The highest BCUT2D eigenvalue weighted by Crippen LogP contribution is 2.34. The minimum atomic E-state index is -0.648. The Morgan fingerprint density at radius 1 is 1.04 bits per heavy atom. The number of methoxy groups -OCH3 is 1. The van der Waals surface area contributed by atoms with Crippen LogP contribution in [0.4, 0.5) is 5.69 Å². The second-order valence-corrected chi connectivity index (χ2v) is 5.25. The third kappa shape index (κ3) is 1.78. The van der Waals surface area contributed by atoms with Gasteiger partial charge in [-0.2, -0.15) is 5.10 Å². The van der Waals surface area contributed by atoms with Crippen molar-refractivity contribution in [2.45, 2.75) is 0 Å². The predicted molar refractivity (Wildman–Crippen MR) is 85.0 cm³/mol. The fourth-order valence-electron chi connectivity index (χ4n) is 2.89. The summed E-state index contributed by atoms with van der Waals surface area (Å²) in [5.74, 6) is -1.51. The van der Waals surface area contributed by atoms with E-state index in [2.05, 4.69) is 10.2 Å². The van der Waals surface area contributed by atoms with Crippen LogP contribution in [0.25, 0.3) is 10.9 Å². The molecule has 2 aromatic carbocycles. The zero-order chi connectivity index (χ0) is 16.8. The molecule has 4 rings (SSSR count). The van der Waals surface area contributed by atoms with Crippen LogP contribution in [0.3, 0.4) is 0 Å². The number of carbonyl (C=O) groups is 3. The number of imide groups is 1. The molecule has 24 heavy (non-hydrogen) atoms.